The van der Waals surface area contributed by atoms with E-state index in [0.717, 1.165) is 7.05 Å². The summed E-state index contributed by atoms with van der Waals surface area (Å²) < 4.78 is 61.0. The minimum atomic E-state index is -6.05. The van der Waals surface area contributed by atoms with Crippen molar-refractivity contribution in [2.24, 2.45) is 0 Å². The third-order valence-electron chi connectivity index (χ3n) is 2.60. The zero-order chi connectivity index (χ0) is 15.0. The minimum absolute atomic E-state index is 0.231. The fraction of sp³-hybridized carbons (Fsp3) is 0.667. The van der Waals surface area contributed by atoms with E-state index in [4.69, 9.17) is 0 Å². The highest BCUT2D eigenvalue weighted by Gasteiger charge is 2.63. The molecule has 1 fully saturated rings. The van der Waals surface area contributed by atoms with E-state index in [2.05, 4.69) is 0 Å². The maximum Gasteiger partial charge on any atom is 0.463 e. The molecule has 1 heterocycles. The molecule has 1 aliphatic rings. The number of hydrogen-bond donors (Lipinski definition) is 1. The van der Waals surface area contributed by atoms with Crippen molar-refractivity contribution in [2.75, 3.05) is 7.05 Å². The Morgan fingerprint density at radius 1 is 1.26 bits per heavy atom. The molecule has 0 radical (unpaired) electrons. The van der Waals surface area contributed by atoms with Crippen molar-refractivity contribution in [1.82, 2.24) is 10.2 Å². The number of amides is 3. The molecule has 1 rings (SSSR count). The lowest BCUT2D eigenvalue weighted by Gasteiger charge is -2.29. The fourth-order valence-electron chi connectivity index (χ4n) is 1.43. The summed E-state index contributed by atoms with van der Waals surface area (Å²) in [7, 11) is 1.05. The third-order valence-corrected chi connectivity index (χ3v) is 2.60. The van der Waals surface area contributed by atoms with Gasteiger partial charge >= 0.3 is 18.0 Å². The maximum absolute atomic E-state index is 12.7. The van der Waals surface area contributed by atoms with Crippen molar-refractivity contribution in [3.05, 3.63) is 0 Å². The van der Waals surface area contributed by atoms with Crippen LogP contribution in [0.5, 0.6) is 0 Å². The molecule has 0 saturated carbocycles. The van der Waals surface area contributed by atoms with Crippen molar-refractivity contribution in [3.8, 4) is 0 Å². The molecule has 0 aromatic rings. The molecule has 19 heavy (non-hydrogen) atoms. The van der Waals surface area contributed by atoms with Gasteiger partial charge < -0.3 is 5.32 Å². The summed E-state index contributed by atoms with van der Waals surface area (Å²) >= 11 is 0. The quantitative estimate of drug-likeness (QED) is 0.592. The number of nitrogens with zero attached hydrogens (tertiary/aromatic N) is 1. The van der Waals surface area contributed by atoms with Crippen LogP contribution in [0.4, 0.5) is 22.0 Å². The molecule has 5 nitrogen and oxygen atoms in total. The zero-order valence-corrected chi connectivity index (χ0v) is 9.55. The molecule has 1 N–H and O–H groups in total. The summed E-state index contributed by atoms with van der Waals surface area (Å²) in [5.74, 6) is -9.82. The summed E-state index contributed by atoms with van der Waals surface area (Å²) in [4.78, 5) is 33.9. The Morgan fingerprint density at radius 3 is 2.26 bits per heavy atom. The third kappa shape index (κ3) is 2.82. The van der Waals surface area contributed by atoms with Crippen LogP contribution in [0, 0.1) is 0 Å². The molecule has 10 heteroatoms. The van der Waals surface area contributed by atoms with E-state index in [1.807, 2.05) is 0 Å². The van der Waals surface area contributed by atoms with Crippen LogP contribution in [0.1, 0.15) is 12.8 Å². The first-order chi connectivity index (χ1) is 8.48. The van der Waals surface area contributed by atoms with Crippen molar-refractivity contribution in [2.45, 2.75) is 31.0 Å². The molecule has 0 spiro atoms. The standard InChI is InChI=1S/C9H9F5N2O3/c1-16-5(17)3-2-4(6(16)18)15-7(19)8(10,11)9(12,13)14/h4H,2-3H2,1H3,(H,15,19). The Labute approximate surface area is 103 Å². The number of carbonyl (C=O) groups is 3. The number of carbonyl (C=O) groups excluding carboxylic acids is 3. The van der Waals surface area contributed by atoms with E-state index >= 15 is 0 Å². The number of rotatable bonds is 2. The van der Waals surface area contributed by atoms with Crippen molar-refractivity contribution in [1.29, 1.82) is 0 Å². The minimum Gasteiger partial charge on any atom is -0.339 e. The summed E-state index contributed by atoms with van der Waals surface area (Å²) in [5, 5.41) is 1.31. The highest BCUT2D eigenvalue weighted by Crippen LogP contribution is 2.35. The van der Waals surface area contributed by atoms with Gasteiger partial charge in [-0.2, -0.15) is 22.0 Å². The molecule has 0 bridgehead atoms. The number of alkyl halides is 5. The van der Waals surface area contributed by atoms with E-state index in [1.165, 1.54) is 5.32 Å². The Bertz CT molecular complexity index is 421. The summed E-state index contributed by atoms with van der Waals surface area (Å²) in [6.07, 6.45) is -6.59. The molecule has 0 aromatic carbocycles. The molecular weight excluding hydrogens is 279 g/mol. The van der Waals surface area contributed by atoms with Crippen LogP contribution in [0.2, 0.25) is 0 Å². The van der Waals surface area contributed by atoms with Gasteiger partial charge in [0.05, 0.1) is 0 Å². The topological polar surface area (TPSA) is 66.5 Å². The smallest absolute Gasteiger partial charge is 0.339 e. The van der Waals surface area contributed by atoms with Gasteiger partial charge in [0.25, 0.3) is 5.91 Å². The second-order valence-corrected chi connectivity index (χ2v) is 3.93. The van der Waals surface area contributed by atoms with Gasteiger partial charge in [0.15, 0.2) is 0 Å². The number of hydrogen-bond acceptors (Lipinski definition) is 3. The lowest BCUT2D eigenvalue weighted by atomic mass is 10.0. The Morgan fingerprint density at radius 2 is 1.79 bits per heavy atom. The van der Waals surface area contributed by atoms with E-state index in [1.54, 1.807) is 0 Å². The molecule has 1 atom stereocenters. The monoisotopic (exact) mass is 288 g/mol. The van der Waals surface area contributed by atoms with Gasteiger partial charge in [-0.1, -0.05) is 0 Å². The molecular formula is C9H9F5N2O3. The zero-order valence-electron chi connectivity index (χ0n) is 9.55. The molecule has 1 aliphatic heterocycles. The van der Waals surface area contributed by atoms with Crippen LogP contribution >= 0.6 is 0 Å². The van der Waals surface area contributed by atoms with Crippen LogP contribution in [0.3, 0.4) is 0 Å². The molecule has 1 unspecified atom stereocenters. The first kappa shape index (κ1) is 15.3. The Balaban J connectivity index is 2.78. The number of likely N-dealkylation sites (tertiary alicyclic amines) is 1. The van der Waals surface area contributed by atoms with Gasteiger partial charge in [-0.05, 0) is 6.42 Å². The lowest BCUT2D eigenvalue weighted by molar-refractivity contribution is -0.270. The predicted octanol–water partition coefficient (Wildman–Crippen LogP) is 0.448. The normalized spacial score (nSPS) is 21.6. The van der Waals surface area contributed by atoms with Crippen molar-refractivity contribution >= 4 is 17.7 Å². The highest BCUT2D eigenvalue weighted by atomic mass is 19.4. The lowest BCUT2D eigenvalue weighted by Crippen LogP contribution is -2.58. The number of halogens is 5. The average Bonchev–Trinajstić information content (AvgIpc) is 2.28. The highest BCUT2D eigenvalue weighted by molar-refractivity contribution is 6.02. The molecule has 3 amide bonds. The SMILES string of the molecule is CN1C(=O)CCC(NC(=O)C(F)(F)C(F)(F)F)C1=O. The van der Waals surface area contributed by atoms with Crippen molar-refractivity contribution in [3.63, 3.8) is 0 Å². The van der Waals surface area contributed by atoms with E-state index in [9.17, 15) is 36.3 Å². The molecule has 1 saturated heterocycles. The molecule has 108 valence electrons. The predicted molar refractivity (Wildman–Crippen MR) is 49.9 cm³/mol. The molecule has 0 aromatic heterocycles. The summed E-state index contributed by atoms with van der Waals surface area (Å²) in [6, 6.07) is -1.57. The Hall–Kier alpha value is -1.74. The van der Waals surface area contributed by atoms with Crippen molar-refractivity contribution < 1.29 is 36.3 Å². The van der Waals surface area contributed by atoms with Crippen LogP contribution in [-0.2, 0) is 14.4 Å². The van der Waals surface area contributed by atoms with Gasteiger partial charge in [0.2, 0.25) is 5.91 Å². The van der Waals surface area contributed by atoms with Gasteiger partial charge in [-0.15, -0.1) is 0 Å². The average molecular weight is 288 g/mol. The van der Waals surface area contributed by atoms with Crippen LogP contribution < -0.4 is 5.32 Å². The second-order valence-electron chi connectivity index (χ2n) is 3.93. The van der Waals surface area contributed by atoms with Crippen LogP contribution in [0.15, 0.2) is 0 Å². The first-order valence-corrected chi connectivity index (χ1v) is 5.04. The van der Waals surface area contributed by atoms with Crippen LogP contribution in [0.25, 0.3) is 0 Å². The maximum atomic E-state index is 12.7. The number of nitrogens with one attached hydrogen (secondary N) is 1. The number of piperidine rings is 1. The molecule has 0 aliphatic carbocycles. The first-order valence-electron chi connectivity index (χ1n) is 5.04. The van der Waals surface area contributed by atoms with Gasteiger partial charge in [-0.3, -0.25) is 19.3 Å². The van der Waals surface area contributed by atoms with E-state index in [0.29, 0.717) is 4.90 Å². The number of imide groups is 1. The fourth-order valence-corrected chi connectivity index (χ4v) is 1.43. The van der Waals surface area contributed by atoms with Gasteiger partial charge in [0, 0.05) is 13.5 Å². The van der Waals surface area contributed by atoms with Gasteiger partial charge in [-0.25, -0.2) is 0 Å². The Kier molecular flexibility index (Phi) is 3.82. The summed E-state index contributed by atoms with van der Waals surface area (Å²) in [5.41, 5.74) is 0. The van der Waals surface area contributed by atoms with E-state index in [-0.39, 0.29) is 12.8 Å². The van der Waals surface area contributed by atoms with Crippen LogP contribution in [-0.4, -0.2) is 47.8 Å². The largest absolute Gasteiger partial charge is 0.463 e. The van der Waals surface area contributed by atoms with E-state index < -0.39 is 35.9 Å². The number of likely N-dealkylation sites (N-methyl/N-ethyl adjacent to an activating group) is 1. The second kappa shape index (κ2) is 4.74. The van der Waals surface area contributed by atoms with Gasteiger partial charge in [0.1, 0.15) is 6.04 Å². The summed E-state index contributed by atoms with van der Waals surface area (Å²) in [6.45, 7) is 0.